The van der Waals surface area contributed by atoms with Gasteiger partial charge in [-0.1, -0.05) is 37.8 Å². The average molecular weight is 351 g/mol. The second-order valence-corrected chi connectivity index (χ2v) is 7.28. The highest BCUT2D eigenvalue weighted by Crippen LogP contribution is 2.39. The minimum Gasteiger partial charge on any atom is -0.444 e. The number of carbonyl (C=O) groups is 2. The number of thiol groups is 1. The van der Waals surface area contributed by atoms with Gasteiger partial charge in [-0.05, 0) is 51.3 Å². The van der Waals surface area contributed by atoms with Gasteiger partial charge in [-0.3, -0.25) is 4.72 Å². The molecule has 1 aliphatic carbocycles. The summed E-state index contributed by atoms with van der Waals surface area (Å²) in [4.78, 5) is 23.5. The molecule has 0 aliphatic heterocycles. The van der Waals surface area contributed by atoms with Gasteiger partial charge in [0.1, 0.15) is 5.60 Å². The number of ether oxygens (including phenoxy) is 1. The Bertz CT molecular complexity index is 590. The Labute approximate surface area is 148 Å². The SMILES string of the molecule is CC(C)(C)OC(=O)NC1(c2ccc(NC(=O)NS)cc2)CCCC1. The normalized spacial score (nSPS) is 16.3. The van der Waals surface area contributed by atoms with Crippen LogP contribution in [0.1, 0.15) is 52.0 Å². The van der Waals surface area contributed by atoms with Crippen molar-refractivity contribution >= 4 is 30.6 Å². The van der Waals surface area contributed by atoms with Gasteiger partial charge in [-0.2, -0.15) is 0 Å². The molecule has 6 nitrogen and oxygen atoms in total. The van der Waals surface area contributed by atoms with Crippen molar-refractivity contribution in [3.63, 3.8) is 0 Å². The Morgan fingerprint density at radius 3 is 2.21 bits per heavy atom. The zero-order chi connectivity index (χ0) is 17.8. The second-order valence-electron chi connectivity index (χ2n) is 7.06. The van der Waals surface area contributed by atoms with Gasteiger partial charge < -0.3 is 15.4 Å². The Morgan fingerprint density at radius 1 is 1.12 bits per heavy atom. The van der Waals surface area contributed by atoms with Crippen LogP contribution >= 0.6 is 12.8 Å². The Hall–Kier alpha value is -1.89. The van der Waals surface area contributed by atoms with E-state index in [1.807, 2.05) is 45.0 Å². The van der Waals surface area contributed by atoms with Crippen molar-refractivity contribution in [2.45, 2.75) is 57.6 Å². The largest absolute Gasteiger partial charge is 0.444 e. The molecule has 0 atom stereocenters. The molecule has 0 spiro atoms. The minimum absolute atomic E-state index is 0.395. The molecule has 0 unspecified atom stereocenters. The summed E-state index contributed by atoms with van der Waals surface area (Å²) < 4.78 is 7.62. The van der Waals surface area contributed by atoms with Gasteiger partial charge in [0.2, 0.25) is 0 Å². The molecule has 1 aromatic carbocycles. The molecule has 1 fully saturated rings. The molecule has 2 rings (SSSR count). The molecule has 132 valence electrons. The number of urea groups is 1. The molecule has 1 aliphatic rings. The number of hydrogen-bond donors (Lipinski definition) is 4. The molecule has 24 heavy (non-hydrogen) atoms. The highest BCUT2D eigenvalue weighted by Gasteiger charge is 2.38. The maximum absolute atomic E-state index is 12.2. The summed E-state index contributed by atoms with van der Waals surface area (Å²) in [5, 5.41) is 5.72. The van der Waals surface area contributed by atoms with Gasteiger partial charge in [0.25, 0.3) is 0 Å². The lowest BCUT2D eigenvalue weighted by Crippen LogP contribution is -2.46. The van der Waals surface area contributed by atoms with Gasteiger partial charge in [0.05, 0.1) is 5.54 Å². The van der Waals surface area contributed by atoms with Crippen LogP contribution in [0.3, 0.4) is 0 Å². The van der Waals surface area contributed by atoms with Gasteiger partial charge >= 0.3 is 12.1 Å². The molecule has 0 aromatic heterocycles. The van der Waals surface area contributed by atoms with Crippen LogP contribution in [0.25, 0.3) is 0 Å². The number of amides is 3. The summed E-state index contributed by atoms with van der Waals surface area (Å²) in [7, 11) is 0. The monoisotopic (exact) mass is 351 g/mol. The van der Waals surface area contributed by atoms with Crippen molar-refractivity contribution in [3.8, 4) is 0 Å². The molecule has 0 saturated heterocycles. The lowest BCUT2D eigenvalue weighted by atomic mass is 9.88. The van der Waals surface area contributed by atoms with Crippen molar-refractivity contribution in [3.05, 3.63) is 29.8 Å². The van der Waals surface area contributed by atoms with E-state index in [1.165, 1.54) is 0 Å². The predicted octanol–water partition coefficient (Wildman–Crippen LogP) is 3.95. The number of carbonyl (C=O) groups excluding carboxylic acids is 2. The topological polar surface area (TPSA) is 79.5 Å². The summed E-state index contributed by atoms with van der Waals surface area (Å²) >= 11 is 3.70. The number of rotatable bonds is 3. The van der Waals surface area contributed by atoms with Crippen LogP contribution in [-0.4, -0.2) is 17.7 Å². The highest BCUT2D eigenvalue weighted by atomic mass is 32.1. The first-order valence-corrected chi connectivity index (χ1v) is 8.52. The van der Waals surface area contributed by atoms with Gasteiger partial charge in [-0.15, -0.1) is 0 Å². The van der Waals surface area contributed by atoms with Gasteiger partial charge in [-0.25, -0.2) is 9.59 Å². The molecule has 0 radical (unpaired) electrons. The van der Waals surface area contributed by atoms with E-state index >= 15 is 0 Å². The van der Waals surface area contributed by atoms with Crippen LogP contribution in [0.5, 0.6) is 0 Å². The fraction of sp³-hybridized carbons (Fsp3) is 0.529. The number of nitrogens with one attached hydrogen (secondary N) is 3. The highest BCUT2D eigenvalue weighted by molar-refractivity contribution is 7.78. The van der Waals surface area contributed by atoms with Crippen LogP contribution < -0.4 is 15.4 Å². The lowest BCUT2D eigenvalue weighted by molar-refractivity contribution is 0.0453. The summed E-state index contributed by atoms with van der Waals surface area (Å²) in [5.74, 6) is 0. The molecule has 7 heteroatoms. The second kappa shape index (κ2) is 7.34. The van der Waals surface area contributed by atoms with Crippen LogP contribution in [0.2, 0.25) is 0 Å². The molecule has 1 saturated carbocycles. The zero-order valence-corrected chi connectivity index (χ0v) is 15.2. The van der Waals surface area contributed by atoms with E-state index in [1.54, 1.807) is 0 Å². The fourth-order valence-electron chi connectivity index (χ4n) is 3.00. The first-order chi connectivity index (χ1) is 11.2. The molecular formula is C17H25N3O3S. The number of anilines is 1. The van der Waals surface area contributed by atoms with E-state index in [-0.39, 0.29) is 0 Å². The maximum atomic E-state index is 12.2. The standard InChI is InChI=1S/C17H25N3O3S/c1-16(2,3)23-15(22)19-17(10-4-5-11-17)12-6-8-13(9-7-12)18-14(21)20-24/h6-9,24H,4-5,10-11H2,1-3H3,(H,19,22)(H2,18,20,21). The molecule has 0 bridgehead atoms. The Morgan fingerprint density at radius 2 is 1.71 bits per heavy atom. The van der Waals surface area contributed by atoms with E-state index in [4.69, 9.17) is 4.74 Å². The number of benzene rings is 1. The zero-order valence-electron chi connectivity index (χ0n) is 14.3. The van der Waals surface area contributed by atoms with Crippen molar-refractivity contribution < 1.29 is 14.3 Å². The van der Waals surface area contributed by atoms with E-state index in [0.29, 0.717) is 5.69 Å². The third-order valence-corrected chi connectivity index (χ3v) is 4.20. The van der Waals surface area contributed by atoms with Crippen LogP contribution in [0.15, 0.2) is 24.3 Å². The molecule has 1 aromatic rings. The van der Waals surface area contributed by atoms with Crippen molar-refractivity contribution in [1.29, 1.82) is 0 Å². The van der Waals surface area contributed by atoms with Gasteiger partial charge in [0, 0.05) is 5.69 Å². The van der Waals surface area contributed by atoms with Crippen molar-refractivity contribution in [2.75, 3.05) is 5.32 Å². The lowest BCUT2D eigenvalue weighted by Gasteiger charge is -2.32. The number of alkyl carbamates (subject to hydrolysis) is 1. The van der Waals surface area contributed by atoms with E-state index in [2.05, 4.69) is 28.2 Å². The average Bonchev–Trinajstić information content (AvgIpc) is 2.95. The predicted molar refractivity (Wildman–Crippen MR) is 97.1 cm³/mol. The van der Waals surface area contributed by atoms with Crippen molar-refractivity contribution in [2.24, 2.45) is 0 Å². The maximum Gasteiger partial charge on any atom is 0.408 e. The first kappa shape index (κ1) is 18.4. The summed E-state index contributed by atoms with van der Waals surface area (Å²) in [5.41, 5.74) is 0.739. The van der Waals surface area contributed by atoms with E-state index in [9.17, 15) is 9.59 Å². The summed E-state index contributed by atoms with van der Waals surface area (Å²) in [6.45, 7) is 5.54. The smallest absolute Gasteiger partial charge is 0.408 e. The number of hydrogen-bond acceptors (Lipinski definition) is 4. The molecule has 0 heterocycles. The van der Waals surface area contributed by atoms with Crippen molar-refractivity contribution in [1.82, 2.24) is 10.0 Å². The summed E-state index contributed by atoms with van der Waals surface area (Å²) in [6, 6.07) is 7.09. The molecular weight excluding hydrogens is 326 g/mol. The van der Waals surface area contributed by atoms with E-state index in [0.717, 1.165) is 31.2 Å². The molecule has 3 N–H and O–H groups in total. The van der Waals surface area contributed by atoms with Gasteiger partial charge in [0.15, 0.2) is 0 Å². The quantitative estimate of drug-likeness (QED) is 0.623. The Balaban J connectivity index is 2.15. The van der Waals surface area contributed by atoms with E-state index < -0.39 is 23.3 Å². The van der Waals surface area contributed by atoms with Crippen LogP contribution in [0.4, 0.5) is 15.3 Å². The third-order valence-electron chi connectivity index (χ3n) is 3.99. The first-order valence-electron chi connectivity index (χ1n) is 8.07. The van der Waals surface area contributed by atoms with Crippen LogP contribution in [-0.2, 0) is 10.3 Å². The minimum atomic E-state index is -0.530. The third kappa shape index (κ3) is 4.80. The Kier molecular flexibility index (Phi) is 5.64. The summed E-state index contributed by atoms with van der Waals surface area (Å²) in [6.07, 6.45) is 3.45. The van der Waals surface area contributed by atoms with Crippen LogP contribution in [0, 0.1) is 0 Å². The fourth-order valence-corrected chi connectivity index (χ4v) is 3.05. The molecule has 3 amide bonds.